The molecule has 1 rings (SSSR count). The Morgan fingerprint density at radius 1 is 1.43 bits per heavy atom. The van der Waals surface area contributed by atoms with Gasteiger partial charge in [-0.05, 0) is 31.4 Å². The number of ether oxygens (including phenoxy) is 1. The number of aliphatic hydroxyl groups is 1. The van der Waals surface area contributed by atoms with Gasteiger partial charge in [0, 0.05) is 12.7 Å². The Morgan fingerprint density at radius 3 is 2.79 bits per heavy atom. The van der Waals surface area contributed by atoms with Crippen LogP contribution >= 0.6 is 0 Å². The summed E-state index contributed by atoms with van der Waals surface area (Å²) in [7, 11) is 0. The van der Waals surface area contributed by atoms with Crippen LogP contribution in [0, 0.1) is 5.82 Å². The van der Waals surface area contributed by atoms with Crippen molar-refractivity contribution in [3.63, 3.8) is 0 Å². The van der Waals surface area contributed by atoms with Gasteiger partial charge < -0.3 is 9.84 Å². The first-order chi connectivity index (χ1) is 6.77. The Bertz CT molecular complexity index is 287. The van der Waals surface area contributed by atoms with E-state index < -0.39 is 0 Å². The lowest BCUT2D eigenvalue weighted by Gasteiger charge is -2.06. The van der Waals surface area contributed by atoms with Crippen molar-refractivity contribution >= 4 is 0 Å². The molecule has 0 unspecified atom stereocenters. The van der Waals surface area contributed by atoms with Crippen LogP contribution in [-0.2, 0) is 6.42 Å². The molecule has 14 heavy (non-hydrogen) atoms. The number of rotatable bonds is 5. The fraction of sp³-hybridized carbons (Fsp3) is 0.455. The molecule has 0 saturated carbocycles. The van der Waals surface area contributed by atoms with Gasteiger partial charge >= 0.3 is 0 Å². The standard InChI is InChI=1S/C11H15FO2/c1-2-14-10-6-5-9(4-3-7-13)11(12)8-10/h5-6,8,13H,2-4,7H2,1H3. The van der Waals surface area contributed by atoms with Crippen molar-refractivity contribution in [3.05, 3.63) is 29.6 Å². The monoisotopic (exact) mass is 198 g/mol. The lowest BCUT2D eigenvalue weighted by atomic mass is 10.1. The molecule has 0 heterocycles. The number of halogens is 1. The summed E-state index contributed by atoms with van der Waals surface area (Å²) in [5.41, 5.74) is 0.627. The fourth-order valence-corrected chi connectivity index (χ4v) is 1.26. The number of aryl methyl sites for hydroxylation is 1. The minimum Gasteiger partial charge on any atom is -0.494 e. The van der Waals surface area contributed by atoms with Crippen LogP contribution in [0.5, 0.6) is 5.75 Å². The molecule has 1 aromatic rings. The van der Waals surface area contributed by atoms with Crippen molar-refractivity contribution in [1.29, 1.82) is 0 Å². The van der Waals surface area contributed by atoms with Gasteiger partial charge in [-0.25, -0.2) is 4.39 Å². The van der Waals surface area contributed by atoms with Crippen molar-refractivity contribution in [2.75, 3.05) is 13.2 Å². The van der Waals surface area contributed by atoms with E-state index in [1.165, 1.54) is 6.07 Å². The van der Waals surface area contributed by atoms with Gasteiger partial charge in [-0.15, -0.1) is 0 Å². The molecule has 0 radical (unpaired) electrons. The summed E-state index contributed by atoms with van der Waals surface area (Å²) in [6.45, 7) is 2.49. The van der Waals surface area contributed by atoms with Gasteiger partial charge in [-0.3, -0.25) is 0 Å². The smallest absolute Gasteiger partial charge is 0.130 e. The minimum absolute atomic E-state index is 0.0899. The van der Waals surface area contributed by atoms with Crippen molar-refractivity contribution in [1.82, 2.24) is 0 Å². The second kappa shape index (κ2) is 5.60. The molecule has 0 saturated heterocycles. The summed E-state index contributed by atoms with van der Waals surface area (Å²) < 4.78 is 18.5. The van der Waals surface area contributed by atoms with E-state index in [4.69, 9.17) is 9.84 Å². The largest absolute Gasteiger partial charge is 0.494 e. The highest BCUT2D eigenvalue weighted by Crippen LogP contribution is 2.17. The van der Waals surface area contributed by atoms with Crippen LogP contribution in [0.25, 0.3) is 0 Å². The molecule has 0 fully saturated rings. The Balaban J connectivity index is 2.68. The van der Waals surface area contributed by atoms with Crippen LogP contribution in [0.2, 0.25) is 0 Å². The summed E-state index contributed by atoms with van der Waals surface area (Å²) in [6.07, 6.45) is 1.15. The maximum Gasteiger partial charge on any atom is 0.130 e. The van der Waals surface area contributed by atoms with E-state index in [1.807, 2.05) is 6.92 Å². The van der Waals surface area contributed by atoms with Crippen molar-refractivity contribution in [3.8, 4) is 5.75 Å². The fourth-order valence-electron chi connectivity index (χ4n) is 1.26. The first-order valence-electron chi connectivity index (χ1n) is 4.80. The third-order valence-corrected chi connectivity index (χ3v) is 1.94. The van der Waals surface area contributed by atoms with E-state index in [2.05, 4.69) is 0 Å². The molecule has 0 atom stereocenters. The lowest BCUT2D eigenvalue weighted by Crippen LogP contribution is -1.96. The average molecular weight is 198 g/mol. The maximum absolute atomic E-state index is 13.3. The van der Waals surface area contributed by atoms with Crippen LogP contribution in [0.1, 0.15) is 18.9 Å². The maximum atomic E-state index is 13.3. The predicted molar refractivity (Wildman–Crippen MR) is 53.0 cm³/mol. The Morgan fingerprint density at radius 2 is 2.21 bits per heavy atom. The molecule has 3 heteroatoms. The summed E-state index contributed by atoms with van der Waals surface area (Å²) in [4.78, 5) is 0. The van der Waals surface area contributed by atoms with Crippen molar-refractivity contribution in [2.24, 2.45) is 0 Å². The van der Waals surface area contributed by atoms with Gasteiger partial charge in [-0.1, -0.05) is 6.07 Å². The second-order valence-electron chi connectivity index (χ2n) is 3.01. The highest BCUT2D eigenvalue weighted by Gasteiger charge is 2.03. The molecule has 0 aromatic heterocycles. The van der Waals surface area contributed by atoms with E-state index in [-0.39, 0.29) is 12.4 Å². The third-order valence-electron chi connectivity index (χ3n) is 1.94. The number of hydrogen-bond acceptors (Lipinski definition) is 2. The Hall–Kier alpha value is -1.09. The second-order valence-corrected chi connectivity index (χ2v) is 3.01. The van der Waals surface area contributed by atoms with Crippen LogP contribution in [0.3, 0.4) is 0 Å². The van der Waals surface area contributed by atoms with E-state index in [9.17, 15) is 4.39 Å². The Kier molecular flexibility index (Phi) is 4.40. The van der Waals surface area contributed by atoms with Crippen LogP contribution in [0.15, 0.2) is 18.2 Å². The number of hydrogen-bond donors (Lipinski definition) is 1. The van der Waals surface area contributed by atoms with E-state index >= 15 is 0 Å². The topological polar surface area (TPSA) is 29.5 Å². The van der Waals surface area contributed by atoms with E-state index in [0.717, 1.165) is 0 Å². The molecule has 0 spiro atoms. The molecular weight excluding hydrogens is 183 g/mol. The van der Waals surface area contributed by atoms with Gasteiger partial charge in [0.25, 0.3) is 0 Å². The molecule has 2 nitrogen and oxygen atoms in total. The summed E-state index contributed by atoms with van der Waals surface area (Å²) >= 11 is 0. The normalized spacial score (nSPS) is 10.2. The molecule has 78 valence electrons. The van der Waals surface area contributed by atoms with Gasteiger partial charge in [0.05, 0.1) is 6.61 Å². The number of aliphatic hydroxyl groups excluding tert-OH is 1. The first-order valence-corrected chi connectivity index (χ1v) is 4.80. The zero-order chi connectivity index (χ0) is 10.4. The van der Waals surface area contributed by atoms with Crippen LogP contribution in [0.4, 0.5) is 4.39 Å². The highest BCUT2D eigenvalue weighted by molar-refractivity contribution is 5.29. The lowest BCUT2D eigenvalue weighted by molar-refractivity contribution is 0.288. The summed E-state index contributed by atoms with van der Waals surface area (Å²) in [5, 5.41) is 8.61. The summed E-state index contributed by atoms with van der Waals surface area (Å²) in [6, 6.07) is 4.84. The zero-order valence-electron chi connectivity index (χ0n) is 8.29. The van der Waals surface area contributed by atoms with E-state index in [0.29, 0.717) is 30.8 Å². The van der Waals surface area contributed by atoms with Crippen LogP contribution < -0.4 is 4.74 Å². The van der Waals surface area contributed by atoms with Gasteiger partial charge in [0.2, 0.25) is 0 Å². The molecule has 0 aliphatic carbocycles. The minimum atomic E-state index is -0.260. The van der Waals surface area contributed by atoms with Crippen molar-refractivity contribution in [2.45, 2.75) is 19.8 Å². The van der Waals surface area contributed by atoms with Gasteiger partial charge in [-0.2, -0.15) is 0 Å². The number of benzene rings is 1. The van der Waals surface area contributed by atoms with Gasteiger partial charge in [0.1, 0.15) is 11.6 Å². The van der Waals surface area contributed by atoms with E-state index in [1.54, 1.807) is 12.1 Å². The molecule has 0 aliphatic rings. The first kappa shape index (κ1) is 11.0. The SMILES string of the molecule is CCOc1ccc(CCCO)c(F)c1. The zero-order valence-corrected chi connectivity index (χ0v) is 8.29. The molecule has 1 aromatic carbocycles. The molecule has 0 aliphatic heterocycles. The quantitative estimate of drug-likeness (QED) is 0.785. The molecular formula is C11H15FO2. The predicted octanol–water partition coefficient (Wildman–Crippen LogP) is 2.15. The molecule has 1 N–H and O–H groups in total. The van der Waals surface area contributed by atoms with Gasteiger partial charge in [0.15, 0.2) is 0 Å². The van der Waals surface area contributed by atoms with Crippen molar-refractivity contribution < 1.29 is 14.2 Å². The Labute approximate surface area is 83.3 Å². The molecule has 0 bridgehead atoms. The summed E-state index contributed by atoms with van der Waals surface area (Å²) in [5.74, 6) is 0.294. The highest BCUT2D eigenvalue weighted by atomic mass is 19.1. The average Bonchev–Trinajstić information content (AvgIpc) is 2.17. The van der Waals surface area contributed by atoms with Crippen LogP contribution in [-0.4, -0.2) is 18.3 Å². The molecule has 0 amide bonds. The third kappa shape index (κ3) is 3.00.